The summed E-state index contributed by atoms with van der Waals surface area (Å²) in [5.74, 6) is -1.61. The van der Waals surface area contributed by atoms with Crippen molar-refractivity contribution in [3.63, 3.8) is 0 Å². The Morgan fingerprint density at radius 1 is 0.426 bits per heavy atom. The number of carbonyl (C=O) groups excluding carboxylic acids is 3. The van der Waals surface area contributed by atoms with E-state index >= 15 is 0 Å². The molecule has 394 valence electrons. The molecular weight excluding hydrogens is 880 g/mol. The maximum atomic E-state index is 12.8. The molecule has 11 nitrogen and oxygen atoms in total. The summed E-state index contributed by atoms with van der Waals surface area (Å²) in [6, 6.07) is 0. The van der Waals surface area contributed by atoms with Crippen molar-refractivity contribution in [2.45, 2.75) is 251 Å². The molecule has 0 saturated heterocycles. The minimum Gasteiger partial charge on any atom is -0.462 e. The lowest BCUT2D eigenvalue weighted by Gasteiger charge is -2.21. The Kier molecular flexibility index (Phi) is 48.5. The zero-order chi connectivity index (χ0) is 49.9. The summed E-state index contributed by atoms with van der Waals surface area (Å²) in [5, 5.41) is 9.75. The number of carbonyl (C=O) groups is 3. The maximum absolute atomic E-state index is 12.8. The SMILES string of the molecule is CC/C=C\C/C=C\C/C=C\C/C=C\C/C=C\CC(=O)OC(COC(=O)CCCCCCCCCCCCCCCCCCC)COP(=O)(O)OCC(CO)OC(=O)CCCCCCCCCCC. The highest BCUT2D eigenvalue weighted by atomic mass is 31.2. The van der Waals surface area contributed by atoms with Gasteiger partial charge in [-0.15, -0.1) is 0 Å². The van der Waals surface area contributed by atoms with Gasteiger partial charge in [-0.05, 0) is 44.9 Å². The first-order valence-electron chi connectivity index (χ1n) is 27.2. The molecule has 68 heavy (non-hydrogen) atoms. The van der Waals surface area contributed by atoms with Crippen LogP contribution in [0.2, 0.25) is 0 Å². The highest BCUT2D eigenvalue weighted by Crippen LogP contribution is 2.43. The van der Waals surface area contributed by atoms with Crippen LogP contribution in [0.1, 0.15) is 239 Å². The van der Waals surface area contributed by atoms with Gasteiger partial charge in [0, 0.05) is 12.8 Å². The first-order valence-corrected chi connectivity index (χ1v) is 28.7. The van der Waals surface area contributed by atoms with E-state index in [0.717, 1.165) is 64.2 Å². The molecule has 0 aliphatic heterocycles. The van der Waals surface area contributed by atoms with Crippen molar-refractivity contribution in [2.75, 3.05) is 26.4 Å². The molecule has 0 spiro atoms. The molecule has 12 heteroatoms. The summed E-state index contributed by atoms with van der Waals surface area (Å²) in [6.45, 7) is 4.41. The smallest absolute Gasteiger partial charge is 0.462 e. The second-order valence-corrected chi connectivity index (χ2v) is 19.5. The molecule has 0 aliphatic carbocycles. The minimum absolute atomic E-state index is 0.0624. The fourth-order valence-electron chi connectivity index (χ4n) is 7.37. The molecular formula is C56H99O11P. The summed E-state index contributed by atoms with van der Waals surface area (Å²) < 4.78 is 39.2. The topological polar surface area (TPSA) is 155 Å². The van der Waals surface area contributed by atoms with E-state index < -0.39 is 57.8 Å². The van der Waals surface area contributed by atoms with Crippen LogP contribution in [0.4, 0.5) is 0 Å². The maximum Gasteiger partial charge on any atom is 0.472 e. The molecule has 0 rings (SSSR count). The first kappa shape index (κ1) is 65.2. The average molecular weight is 979 g/mol. The predicted octanol–water partition coefficient (Wildman–Crippen LogP) is 15.6. The number of phosphoric ester groups is 1. The van der Waals surface area contributed by atoms with Crippen LogP contribution in [0, 0.1) is 0 Å². The van der Waals surface area contributed by atoms with Crippen LogP contribution in [-0.2, 0) is 42.2 Å². The van der Waals surface area contributed by atoms with E-state index in [9.17, 15) is 28.9 Å². The van der Waals surface area contributed by atoms with Gasteiger partial charge < -0.3 is 24.2 Å². The Labute approximate surface area is 415 Å². The fourth-order valence-corrected chi connectivity index (χ4v) is 8.16. The van der Waals surface area contributed by atoms with E-state index in [0.29, 0.717) is 19.3 Å². The van der Waals surface area contributed by atoms with Gasteiger partial charge in [-0.2, -0.15) is 0 Å². The molecule has 0 aromatic rings. The molecule has 0 aromatic heterocycles. The van der Waals surface area contributed by atoms with E-state index in [-0.39, 0.29) is 25.9 Å². The lowest BCUT2D eigenvalue weighted by Crippen LogP contribution is -2.30. The Morgan fingerprint density at radius 3 is 1.16 bits per heavy atom. The zero-order valence-corrected chi connectivity index (χ0v) is 44.2. The number of esters is 3. The quantitative estimate of drug-likeness (QED) is 0.0197. The van der Waals surface area contributed by atoms with E-state index in [1.54, 1.807) is 6.08 Å². The molecule has 0 aromatic carbocycles. The Balaban J connectivity index is 4.81. The summed E-state index contributed by atoms with van der Waals surface area (Å²) in [5.41, 5.74) is 0. The van der Waals surface area contributed by atoms with Gasteiger partial charge in [0.25, 0.3) is 0 Å². The number of ether oxygens (including phenoxy) is 3. The molecule has 3 unspecified atom stereocenters. The molecule has 0 saturated carbocycles. The lowest BCUT2D eigenvalue weighted by molar-refractivity contribution is -0.160. The first-order chi connectivity index (χ1) is 33.2. The van der Waals surface area contributed by atoms with Crippen molar-refractivity contribution in [1.82, 2.24) is 0 Å². The molecule has 0 aliphatic rings. The predicted molar refractivity (Wildman–Crippen MR) is 279 cm³/mol. The molecule has 0 heterocycles. The van der Waals surface area contributed by atoms with Crippen LogP contribution in [0.15, 0.2) is 60.8 Å². The highest BCUT2D eigenvalue weighted by molar-refractivity contribution is 7.47. The van der Waals surface area contributed by atoms with Gasteiger partial charge in [0.15, 0.2) is 6.10 Å². The second-order valence-electron chi connectivity index (χ2n) is 18.0. The van der Waals surface area contributed by atoms with Crippen LogP contribution in [-0.4, -0.2) is 66.5 Å². The summed E-state index contributed by atoms with van der Waals surface area (Å²) >= 11 is 0. The van der Waals surface area contributed by atoms with Gasteiger partial charge in [-0.3, -0.25) is 23.4 Å². The second kappa shape index (κ2) is 50.6. The molecule has 0 radical (unpaired) electrons. The van der Waals surface area contributed by atoms with Crippen molar-refractivity contribution in [3.05, 3.63) is 60.8 Å². The Morgan fingerprint density at radius 2 is 0.765 bits per heavy atom. The number of hydrogen-bond acceptors (Lipinski definition) is 10. The normalized spacial score (nSPS) is 13.9. The van der Waals surface area contributed by atoms with Gasteiger partial charge in [0.1, 0.15) is 12.7 Å². The Hall–Kier alpha value is -2.82. The van der Waals surface area contributed by atoms with Crippen molar-refractivity contribution in [3.8, 4) is 0 Å². The monoisotopic (exact) mass is 979 g/mol. The molecule has 2 N–H and O–H groups in total. The van der Waals surface area contributed by atoms with Crippen LogP contribution in [0.25, 0.3) is 0 Å². The summed E-state index contributed by atoms with van der Waals surface area (Å²) in [4.78, 5) is 48.2. The lowest BCUT2D eigenvalue weighted by atomic mass is 10.0. The molecule has 0 amide bonds. The van der Waals surface area contributed by atoms with E-state index in [4.69, 9.17) is 23.3 Å². The molecule has 3 atom stereocenters. The number of rotatable bonds is 50. The number of phosphoric acid groups is 1. The third-order valence-electron chi connectivity index (χ3n) is 11.5. The number of aliphatic hydroxyl groups is 1. The van der Waals surface area contributed by atoms with Gasteiger partial charge in [-0.1, -0.05) is 236 Å². The van der Waals surface area contributed by atoms with Gasteiger partial charge in [0.2, 0.25) is 0 Å². The van der Waals surface area contributed by atoms with Crippen molar-refractivity contribution in [1.29, 1.82) is 0 Å². The standard InChI is InChI=1S/C56H99O11P/c1-4-7-10-13-16-19-21-23-25-26-28-29-31-34-36-39-42-45-54(58)63-49-53(67-56(60)47-44-41-38-35-32-30-27-24-22-20-17-14-11-8-5-2)51-65-68(61,62)64-50-52(48-57)66-55(59)46-43-40-37-33-18-15-12-9-6-3/h8,11,17,20,24,27,32,35,41,44,52-53,57H,4-7,9-10,12-16,18-19,21-23,25-26,28-31,33-34,36-40,42-43,45-51H2,1-3H3,(H,61,62)/b11-8-,20-17-,27-24-,35-32-,44-41-. The van der Waals surface area contributed by atoms with Crippen molar-refractivity contribution < 1.29 is 52.2 Å². The van der Waals surface area contributed by atoms with Crippen LogP contribution >= 0.6 is 7.82 Å². The van der Waals surface area contributed by atoms with Crippen LogP contribution in [0.5, 0.6) is 0 Å². The fraction of sp³-hybridized carbons (Fsp3) is 0.768. The number of hydrogen-bond donors (Lipinski definition) is 2. The summed E-state index contributed by atoms with van der Waals surface area (Å²) in [7, 11) is -4.76. The van der Waals surface area contributed by atoms with E-state index in [2.05, 4.69) is 63.3 Å². The van der Waals surface area contributed by atoms with E-state index in [1.165, 1.54) is 116 Å². The largest absolute Gasteiger partial charge is 0.472 e. The third kappa shape index (κ3) is 48.2. The Bertz CT molecular complexity index is 1370. The number of allylic oxidation sites excluding steroid dienone is 9. The number of aliphatic hydroxyl groups excluding tert-OH is 1. The van der Waals surface area contributed by atoms with Gasteiger partial charge >= 0.3 is 25.7 Å². The van der Waals surface area contributed by atoms with Crippen LogP contribution < -0.4 is 0 Å². The molecule has 0 bridgehead atoms. The highest BCUT2D eigenvalue weighted by Gasteiger charge is 2.28. The number of unbranched alkanes of at least 4 members (excludes halogenated alkanes) is 24. The van der Waals surface area contributed by atoms with Crippen molar-refractivity contribution >= 4 is 25.7 Å². The van der Waals surface area contributed by atoms with Crippen molar-refractivity contribution in [2.24, 2.45) is 0 Å². The van der Waals surface area contributed by atoms with Gasteiger partial charge in [-0.25, -0.2) is 4.57 Å². The molecule has 0 fully saturated rings. The summed E-state index contributed by atoms with van der Waals surface area (Å²) in [6.07, 6.45) is 53.7. The van der Waals surface area contributed by atoms with Gasteiger partial charge in [0.05, 0.1) is 26.2 Å². The minimum atomic E-state index is -4.76. The van der Waals surface area contributed by atoms with Crippen LogP contribution in [0.3, 0.4) is 0 Å². The third-order valence-corrected chi connectivity index (χ3v) is 12.4. The average Bonchev–Trinajstić information content (AvgIpc) is 3.32. The zero-order valence-electron chi connectivity index (χ0n) is 43.3. The van der Waals surface area contributed by atoms with E-state index in [1.807, 2.05) is 12.2 Å².